The third-order valence-corrected chi connectivity index (χ3v) is 7.88. The number of hydrogen-bond donors (Lipinski definition) is 0. The number of benzene rings is 3. The molecule has 0 aliphatic carbocycles. The van der Waals surface area contributed by atoms with Crippen molar-refractivity contribution in [1.82, 2.24) is 24.7 Å². The van der Waals surface area contributed by atoms with Gasteiger partial charge in [-0.1, -0.05) is 67.3 Å². The molecule has 0 fully saturated rings. The number of nitrogens with zero attached hydrogens (tertiary/aromatic N) is 5. The van der Waals surface area contributed by atoms with Gasteiger partial charge in [0.2, 0.25) is 5.65 Å². The lowest BCUT2D eigenvalue weighted by molar-refractivity contribution is 0.669. The lowest BCUT2D eigenvalue weighted by Gasteiger charge is -2.15. The summed E-state index contributed by atoms with van der Waals surface area (Å²) in [5.74, 6) is 0.731. The summed E-state index contributed by atoms with van der Waals surface area (Å²) in [7, 11) is -1.45. The van der Waals surface area contributed by atoms with Gasteiger partial charge in [0.15, 0.2) is 11.5 Å². The average molecular weight is 436 g/mol. The Morgan fingerprint density at radius 3 is 2.53 bits per heavy atom. The van der Waals surface area contributed by atoms with Crippen molar-refractivity contribution < 1.29 is 4.42 Å². The van der Waals surface area contributed by atoms with Crippen molar-refractivity contribution in [1.29, 1.82) is 0 Å². The summed E-state index contributed by atoms with van der Waals surface area (Å²) in [6.07, 6.45) is 1.45. The summed E-state index contributed by atoms with van der Waals surface area (Å²) in [6.45, 7) is 7.04. The molecule has 7 heteroatoms. The van der Waals surface area contributed by atoms with Crippen LogP contribution in [0.1, 0.15) is 0 Å². The van der Waals surface area contributed by atoms with Crippen LogP contribution in [0, 0.1) is 0 Å². The van der Waals surface area contributed by atoms with E-state index in [1.54, 1.807) is 0 Å². The minimum absolute atomic E-state index is 0.500. The second-order valence-corrected chi connectivity index (χ2v) is 14.0. The Labute approximate surface area is 185 Å². The van der Waals surface area contributed by atoms with Crippen LogP contribution in [0.15, 0.2) is 77.5 Å². The van der Waals surface area contributed by atoms with Crippen LogP contribution in [0.5, 0.6) is 0 Å². The fourth-order valence-electron chi connectivity index (χ4n) is 4.19. The van der Waals surface area contributed by atoms with Gasteiger partial charge in [-0.3, -0.25) is 4.57 Å². The molecule has 3 aromatic carbocycles. The molecular weight excluding hydrogens is 414 g/mol. The summed E-state index contributed by atoms with van der Waals surface area (Å²) in [5.41, 5.74) is 4.75. The molecule has 0 radical (unpaired) electrons. The van der Waals surface area contributed by atoms with Crippen LogP contribution >= 0.6 is 0 Å². The van der Waals surface area contributed by atoms with Gasteiger partial charge in [0.25, 0.3) is 0 Å². The van der Waals surface area contributed by atoms with Crippen molar-refractivity contribution in [2.45, 2.75) is 19.6 Å². The molecule has 0 bridgehead atoms. The lowest BCUT2D eigenvalue weighted by Crippen LogP contribution is -2.37. The van der Waals surface area contributed by atoms with Gasteiger partial charge < -0.3 is 4.42 Å². The van der Waals surface area contributed by atoms with E-state index in [0.717, 1.165) is 39.0 Å². The number of furan rings is 1. The predicted molar refractivity (Wildman–Crippen MR) is 130 cm³/mol. The van der Waals surface area contributed by atoms with Crippen LogP contribution in [0.2, 0.25) is 19.6 Å². The maximum Gasteiger partial charge on any atom is 0.220 e. The second kappa shape index (κ2) is 6.83. The first kappa shape index (κ1) is 18.9. The molecule has 6 nitrogen and oxygen atoms in total. The zero-order valence-electron chi connectivity index (χ0n) is 18.1. The standard InChI is InChI=1S/C25H21N5OSi/c1-32(2,3)17-12-13-18-19-10-7-11-20(22(19)31-21(18)14-17)24-28-23-25(26-15-27-29-23)30(24)16-8-5-4-6-9-16/h4-15H,1-3H3. The normalized spacial score (nSPS) is 12.2. The molecule has 3 aromatic heterocycles. The topological polar surface area (TPSA) is 69.6 Å². The minimum atomic E-state index is -1.45. The molecule has 0 aliphatic heterocycles. The van der Waals surface area contributed by atoms with Crippen molar-refractivity contribution in [3.63, 3.8) is 0 Å². The first-order valence-electron chi connectivity index (χ1n) is 10.6. The van der Waals surface area contributed by atoms with E-state index >= 15 is 0 Å². The average Bonchev–Trinajstić information content (AvgIpc) is 3.37. The van der Waals surface area contributed by atoms with E-state index < -0.39 is 8.07 Å². The molecule has 0 spiro atoms. The summed E-state index contributed by atoms with van der Waals surface area (Å²) in [4.78, 5) is 9.28. The lowest BCUT2D eigenvalue weighted by atomic mass is 10.1. The van der Waals surface area contributed by atoms with Crippen molar-refractivity contribution in [2.75, 3.05) is 0 Å². The number of fused-ring (bicyclic) bond motifs is 4. The highest BCUT2D eigenvalue weighted by atomic mass is 28.3. The van der Waals surface area contributed by atoms with E-state index in [0.29, 0.717) is 11.3 Å². The number of para-hydroxylation sites is 2. The molecule has 0 amide bonds. The van der Waals surface area contributed by atoms with Gasteiger partial charge in [-0.2, -0.15) is 0 Å². The van der Waals surface area contributed by atoms with Gasteiger partial charge in [0.1, 0.15) is 17.5 Å². The van der Waals surface area contributed by atoms with E-state index in [-0.39, 0.29) is 0 Å². The van der Waals surface area contributed by atoms with E-state index in [9.17, 15) is 0 Å². The predicted octanol–water partition coefficient (Wildman–Crippen LogP) is 5.32. The Bertz CT molecular complexity index is 1610. The molecule has 0 N–H and O–H groups in total. The van der Waals surface area contributed by atoms with Gasteiger partial charge in [-0.25, -0.2) is 9.97 Å². The van der Waals surface area contributed by atoms with Crippen LogP contribution < -0.4 is 5.19 Å². The van der Waals surface area contributed by atoms with Crippen LogP contribution in [0.25, 0.3) is 50.3 Å². The first-order valence-corrected chi connectivity index (χ1v) is 14.1. The Morgan fingerprint density at radius 1 is 0.875 bits per heavy atom. The monoisotopic (exact) mass is 435 g/mol. The Morgan fingerprint density at radius 2 is 1.72 bits per heavy atom. The smallest absolute Gasteiger partial charge is 0.220 e. The highest BCUT2D eigenvalue weighted by Crippen LogP contribution is 2.37. The molecule has 6 rings (SSSR count). The molecule has 6 aromatic rings. The largest absolute Gasteiger partial charge is 0.455 e. The second-order valence-electron chi connectivity index (χ2n) is 8.96. The fourth-order valence-corrected chi connectivity index (χ4v) is 5.33. The summed E-state index contributed by atoms with van der Waals surface area (Å²) < 4.78 is 8.49. The first-order chi connectivity index (χ1) is 15.5. The Hall–Kier alpha value is -3.84. The zero-order valence-corrected chi connectivity index (χ0v) is 19.1. The van der Waals surface area contributed by atoms with Crippen molar-refractivity contribution in [3.05, 3.63) is 73.1 Å². The van der Waals surface area contributed by atoms with Crippen molar-refractivity contribution in [2.24, 2.45) is 0 Å². The van der Waals surface area contributed by atoms with E-state index in [2.05, 4.69) is 59.1 Å². The van der Waals surface area contributed by atoms with E-state index in [1.807, 2.05) is 47.0 Å². The summed E-state index contributed by atoms with van der Waals surface area (Å²) >= 11 is 0. The van der Waals surface area contributed by atoms with Crippen molar-refractivity contribution in [3.8, 4) is 17.1 Å². The fraction of sp³-hybridized carbons (Fsp3) is 0.120. The molecule has 3 heterocycles. The molecule has 32 heavy (non-hydrogen) atoms. The van der Waals surface area contributed by atoms with E-state index in [4.69, 9.17) is 9.40 Å². The molecule has 0 aliphatic rings. The highest BCUT2D eigenvalue weighted by Gasteiger charge is 2.22. The molecule has 0 saturated heterocycles. The number of hydrogen-bond acceptors (Lipinski definition) is 5. The molecule has 0 unspecified atom stereocenters. The van der Waals surface area contributed by atoms with Gasteiger partial charge in [-0.05, 0) is 24.3 Å². The quantitative estimate of drug-likeness (QED) is 0.352. The van der Waals surface area contributed by atoms with Gasteiger partial charge in [0.05, 0.1) is 13.6 Å². The van der Waals surface area contributed by atoms with Crippen LogP contribution in [-0.4, -0.2) is 32.8 Å². The third kappa shape index (κ3) is 2.85. The van der Waals surface area contributed by atoms with E-state index in [1.165, 1.54) is 11.5 Å². The molecule has 156 valence electrons. The van der Waals surface area contributed by atoms with Gasteiger partial charge >= 0.3 is 0 Å². The Kier molecular flexibility index (Phi) is 4.03. The summed E-state index contributed by atoms with van der Waals surface area (Å²) in [5, 5.41) is 11.7. The molecule has 0 atom stereocenters. The number of aromatic nitrogens is 5. The SMILES string of the molecule is C[Si](C)(C)c1ccc2c(c1)oc1c(-c3nc4nncnc4n3-c3ccccc3)cccc12. The van der Waals surface area contributed by atoms with Crippen LogP contribution in [0.3, 0.4) is 0 Å². The number of rotatable bonds is 3. The van der Waals surface area contributed by atoms with Crippen LogP contribution in [0.4, 0.5) is 0 Å². The van der Waals surface area contributed by atoms with Crippen molar-refractivity contribution >= 4 is 46.5 Å². The Balaban J connectivity index is 1.67. The minimum Gasteiger partial charge on any atom is -0.455 e. The molecule has 0 saturated carbocycles. The van der Waals surface area contributed by atoms with Gasteiger partial charge in [0, 0.05) is 16.5 Å². The van der Waals surface area contributed by atoms with Gasteiger partial charge in [-0.15, -0.1) is 10.2 Å². The maximum absolute atomic E-state index is 6.47. The maximum atomic E-state index is 6.47. The van der Waals surface area contributed by atoms with Crippen LogP contribution in [-0.2, 0) is 0 Å². The number of imidazole rings is 1. The summed E-state index contributed by atoms with van der Waals surface area (Å²) in [6, 6.07) is 22.9. The molecular formula is C25H21N5OSi. The highest BCUT2D eigenvalue weighted by molar-refractivity contribution is 6.88. The third-order valence-electron chi connectivity index (χ3n) is 5.84. The zero-order chi connectivity index (χ0) is 21.9.